The Morgan fingerprint density at radius 3 is 2.77 bits per heavy atom. The van der Waals surface area contributed by atoms with E-state index in [4.69, 9.17) is 5.11 Å². The van der Waals surface area contributed by atoms with Gasteiger partial charge in [-0.1, -0.05) is 28.1 Å². The monoisotopic (exact) mass is 358 g/mol. The molecule has 0 spiro atoms. The minimum absolute atomic E-state index is 0.115. The van der Waals surface area contributed by atoms with E-state index in [-0.39, 0.29) is 11.1 Å². The molecule has 0 aliphatic heterocycles. The lowest BCUT2D eigenvalue weighted by molar-refractivity contribution is 0.0697. The first-order chi connectivity index (χ1) is 10.5. The molecule has 0 saturated carbocycles. The Morgan fingerprint density at radius 1 is 1.23 bits per heavy atom. The van der Waals surface area contributed by atoms with Crippen molar-refractivity contribution < 1.29 is 9.90 Å². The molecule has 2 aromatic carbocycles. The van der Waals surface area contributed by atoms with Gasteiger partial charge in [0.2, 0.25) is 0 Å². The fraction of sp³-hybridized carbons (Fsp3) is 0.0625. The number of aromatic nitrogens is 2. The molecular weight excluding hydrogens is 348 g/mol. The summed E-state index contributed by atoms with van der Waals surface area (Å²) in [7, 11) is 0. The maximum Gasteiger partial charge on any atom is 0.335 e. The van der Waals surface area contributed by atoms with Crippen molar-refractivity contribution in [3.63, 3.8) is 0 Å². The van der Waals surface area contributed by atoms with Crippen LogP contribution in [0, 0.1) is 0 Å². The number of aromatic carboxylic acids is 1. The molecule has 0 radical (unpaired) electrons. The zero-order valence-electron chi connectivity index (χ0n) is 11.4. The summed E-state index contributed by atoms with van der Waals surface area (Å²) in [4.78, 5) is 27.6. The Hall–Kier alpha value is -2.47. The first-order valence-corrected chi connectivity index (χ1v) is 7.31. The predicted octanol–water partition coefficient (Wildman–Crippen LogP) is 2.91. The summed E-state index contributed by atoms with van der Waals surface area (Å²) in [5.74, 6) is -1.04. The highest BCUT2D eigenvalue weighted by atomic mass is 79.9. The smallest absolute Gasteiger partial charge is 0.335 e. The number of hydrogen-bond acceptors (Lipinski definition) is 3. The molecule has 0 atom stereocenters. The van der Waals surface area contributed by atoms with E-state index >= 15 is 0 Å². The maximum absolute atomic E-state index is 12.5. The van der Waals surface area contributed by atoms with E-state index < -0.39 is 5.97 Å². The van der Waals surface area contributed by atoms with Gasteiger partial charge < -0.3 is 5.11 Å². The van der Waals surface area contributed by atoms with Crippen LogP contribution in [0.3, 0.4) is 0 Å². The fourth-order valence-electron chi connectivity index (χ4n) is 2.24. The molecular formula is C16H11BrN2O3. The number of carboxylic acid groups (broad SMARTS) is 1. The van der Waals surface area contributed by atoms with E-state index in [1.165, 1.54) is 29.1 Å². The summed E-state index contributed by atoms with van der Waals surface area (Å²) in [6.07, 6.45) is 1.44. The summed E-state index contributed by atoms with van der Waals surface area (Å²) in [6.45, 7) is 0.405. The van der Waals surface area contributed by atoms with Crippen molar-refractivity contribution >= 4 is 32.8 Å². The second-order valence-electron chi connectivity index (χ2n) is 4.84. The van der Waals surface area contributed by atoms with Gasteiger partial charge in [0.15, 0.2) is 0 Å². The van der Waals surface area contributed by atoms with Crippen LogP contribution in [0.25, 0.3) is 10.9 Å². The van der Waals surface area contributed by atoms with Crippen molar-refractivity contribution in [2.24, 2.45) is 0 Å². The second-order valence-corrected chi connectivity index (χ2v) is 5.76. The molecule has 0 amide bonds. The summed E-state index contributed by atoms with van der Waals surface area (Å²) in [5, 5.41) is 9.38. The Kier molecular flexibility index (Phi) is 3.77. The maximum atomic E-state index is 12.5. The van der Waals surface area contributed by atoms with Crippen LogP contribution in [0.4, 0.5) is 0 Å². The van der Waals surface area contributed by atoms with Crippen molar-refractivity contribution in [2.75, 3.05) is 0 Å². The third-order valence-corrected chi connectivity index (χ3v) is 3.81. The summed E-state index contributed by atoms with van der Waals surface area (Å²) in [6, 6.07) is 12.0. The molecule has 3 rings (SSSR count). The summed E-state index contributed by atoms with van der Waals surface area (Å²) in [5.41, 5.74) is 1.28. The lowest BCUT2D eigenvalue weighted by Gasteiger charge is -2.07. The standard InChI is InChI=1S/C16H11BrN2O3/c17-12-3-1-2-10(6-12)8-19-9-18-14-7-11(16(21)22)4-5-13(14)15(19)20/h1-7,9H,8H2,(H,21,22). The average molecular weight is 359 g/mol. The van der Waals surface area contributed by atoms with Crippen molar-refractivity contribution in [1.82, 2.24) is 9.55 Å². The molecule has 0 aliphatic rings. The lowest BCUT2D eigenvalue weighted by atomic mass is 10.1. The number of halogens is 1. The zero-order chi connectivity index (χ0) is 15.7. The minimum atomic E-state index is -1.04. The van der Waals surface area contributed by atoms with Gasteiger partial charge in [0.25, 0.3) is 5.56 Å². The molecule has 22 heavy (non-hydrogen) atoms. The van der Waals surface area contributed by atoms with Crippen LogP contribution in [-0.4, -0.2) is 20.6 Å². The SMILES string of the molecule is O=C(O)c1ccc2c(=O)n(Cc3cccc(Br)c3)cnc2c1. The fourth-order valence-corrected chi connectivity index (χ4v) is 2.68. The highest BCUT2D eigenvalue weighted by Gasteiger charge is 2.08. The molecule has 0 saturated heterocycles. The van der Waals surface area contributed by atoms with Gasteiger partial charge in [0.1, 0.15) is 0 Å². The number of carbonyl (C=O) groups is 1. The first kappa shape index (κ1) is 14.5. The van der Waals surface area contributed by atoms with E-state index in [2.05, 4.69) is 20.9 Å². The van der Waals surface area contributed by atoms with Crippen LogP contribution in [0.5, 0.6) is 0 Å². The third-order valence-electron chi connectivity index (χ3n) is 3.31. The topological polar surface area (TPSA) is 72.2 Å². The molecule has 0 bridgehead atoms. The Labute approximate surface area is 134 Å². The van der Waals surface area contributed by atoms with E-state index in [9.17, 15) is 9.59 Å². The molecule has 6 heteroatoms. The van der Waals surface area contributed by atoms with Crippen LogP contribution >= 0.6 is 15.9 Å². The Bertz CT molecular complexity index is 934. The van der Waals surface area contributed by atoms with Crippen LogP contribution in [0.2, 0.25) is 0 Å². The normalized spacial score (nSPS) is 10.8. The quantitative estimate of drug-likeness (QED) is 0.781. The number of rotatable bonds is 3. The van der Waals surface area contributed by atoms with Gasteiger partial charge in [-0.25, -0.2) is 9.78 Å². The predicted molar refractivity (Wildman–Crippen MR) is 86.2 cm³/mol. The van der Waals surface area contributed by atoms with Gasteiger partial charge >= 0.3 is 5.97 Å². The molecule has 1 heterocycles. The van der Waals surface area contributed by atoms with Crippen molar-refractivity contribution in [3.8, 4) is 0 Å². The van der Waals surface area contributed by atoms with Crippen molar-refractivity contribution in [1.29, 1.82) is 0 Å². The van der Waals surface area contributed by atoms with Gasteiger partial charge in [0.05, 0.1) is 29.3 Å². The van der Waals surface area contributed by atoms with Gasteiger partial charge in [-0.3, -0.25) is 9.36 Å². The van der Waals surface area contributed by atoms with E-state index in [0.29, 0.717) is 17.4 Å². The average Bonchev–Trinajstić information content (AvgIpc) is 2.50. The van der Waals surface area contributed by atoms with Crippen molar-refractivity contribution in [2.45, 2.75) is 6.54 Å². The van der Waals surface area contributed by atoms with Crippen LogP contribution < -0.4 is 5.56 Å². The zero-order valence-corrected chi connectivity index (χ0v) is 12.9. The summed E-state index contributed by atoms with van der Waals surface area (Å²) < 4.78 is 2.45. The van der Waals surface area contributed by atoms with E-state index in [1.54, 1.807) is 0 Å². The van der Waals surface area contributed by atoms with Crippen LogP contribution in [0.1, 0.15) is 15.9 Å². The number of benzene rings is 2. The van der Waals surface area contributed by atoms with E-state index in [0.717, 1.165) is 10.0 Å². The molecule has 1 N–H and O–H groups in total. The lowest BCUT2D eigenvalue weighted by Crippen LogP contribution is -2.21. The number of carboxylic acids is 1. The molecule has 5 nitrogen and oxygen atoms in total. The Morgan fingerprint density at radius 2 is 2.05 bits per heavy atom. The molecule has 0 unspecified atom stereocenters. The molecule has 3 aromatic rings. The van der Waals surface area contributed by atoms with Crippen LogP contribution in [-0.2, 0) is 6.54 Å². The van der Waals surface area contributed by atoms with E-state index in [1.807, 2.05) is 24.3 Å². The van der Waals surface area contributed by atoms with Crippen molar-refractivity contribution in [3.05, 3.63) is 74.7 Å². The van der Waals surface area contributed by atoms with Crippen LogP contribution in [0.15, 0.2) is 58.1 Å². The second kappa shape index (κ2) is 5.73. The summed E-state index contributed by atoms with van der Waals surface area (Å²) >= 11 is 3.40. The van der Waals surface area contributed by atoms with Gasteiger partial charge in [-0.15, -0.1) is 0 Å². The Balaban J connectivity index is 2.05. The van der Waals surface area contributed by atoms with Gasteiger partial charge in [-0.2, -0.15) is 0 Å². The number of fused-ring (bicyclic) bond motifs is 1. The molecule has 0 fully saturated rings. The first-order valence-electron chi connectivity index (χ1n) is 6.51. The molecule has 110 valence electrons. The number of hydrogen-bond donors (Lipinski definition) is 1. The highest BCUT2D eigenvalue weighted by Crippen LogP contribution is 2.13. The van der Waals surface area contributed by atoms with Gasteiger partial charge in [-0.05, 0) is 35.9 Å². The molecule has 1 aromatic heterocycles. The molecule has 0 aliphatic carbocycles. The largest absolute Gasteiger partial charge is 0.478 e. The highest BCUT2D eigenvalue weighted by molar-refractivity contribution is 9.10. The van der Waals surface area contributed by atoms with Gasteiger partial charge in [0, 0.05) is 4.47 Å². The third kappa shape index (κ3) is 2.78. The minimum Gasteiger partial charge on any atom is -0.478 e. The number of nitrogens with zero attached hydrogens (tertiary/aromatic N) is 2.